The lowest BCUT2D eigenvalue weighted by Crippen LogP contribution is -2.12. The Morgan fingerprint density at radius 1 is 0.733 bits per heavy atom. The fourth-order valence-corrected chi connectivity index (χ4v) is 2.68. The Kier molecular flexibility index (Phi) is 5.73. The lowest BCUT2D eigenvalue weighted by Gasteiger charge is -2.08. The number of nitrogens with one attached hydrogen (secondary N) is 2. The normalized spacial score (nSPS) is 9.87. The van der Waals surface area contributed by atoms with Gasteiger partial charge in [-0.3, -0.25) is 4.79 Å². The van der Waals surface area contributed by atoms with Gasteiger partial charge in [0, 0.05) is 41.1 Å². The summed E-state index contributed by atoms with van der Waals surface area (Å²) < 4.78 is 0. The zero-order valence-corrected chi connectivity index (χ0v) is 15.9. The molecule has 6 nitrogen and oxygen atoms in total. The van der Waals surface area contributed by atoms with Crippen molar-refractivity contribution in [2.24, 2.45) is 0 Å². The summed E-state index contributed by atoms with van der Waals surface area (Å²) in [5.74, 6) is 6.32. The summed E-state index contributed by atoms with van der Waals surface area (Å²) >= 11 is 0. The van der Waals surface area contributed by atoms with Gasteiger partial charge in [-0.05, 0) is 60.5 Å². The third kappa shape index (κ3) is 5.06. The summed E-state index contributed by atoms with van der Waals surface area (Å²) in [4.78, 5) is 25.1. The van der Waals surface area contributed by atoms with Gasteiger partial charge in [0.15, 0.2) is 0 Å². The van der Waals surface area contributed by atoms with Gasteiger partial charge in [0.25, 0.3) is 5.91 Å². The highest BCUT2D eigenvalue weighted by Gasteiger charge is 2.08. The molecule has 6 heteroatoms. The van der Waals surface area contributed by atoms with Crippen molar-refractivity contribution >= 4 is 23.2 Å². The maximum atomic E-state index is 12.7. The molecule has 2 aromatic heterocycles. The second kappa shape index (κ2) is 9.13. The van der Waals surface area contributed by atoms with E-state index in [0.717, 1.165) is 11.3 Å². The first-order chi connectivity index (χ1) is 14.8. The molecule has 0 aliphatic carbocycles. The molecular weight excluding hydrogens is 374 g/mol. The number of carbonyl (C=O) groups excluding carboxylic acids is 1. The predicted octanol–water partition coefficient (Wildman–Crippen LogP) is 4.27. The van der Waals surface area contributed by atoms with Gasteiger partial charge < -0.3 is 10.6 Å². The number of amides is 1. The number of nitrogens with zero attached hydrogens (tertiary/aromatic N) is 3. The van der Waals surface area contributed by atoms with Gasteiger partial charge in [-0.15, -0.1) is 0 Å². The van der Waals surface area contributed by atoms with Gasteiger partial charge in [-0.2, -0.15) is 0 Å². The van der Waals surface area contributed by atoms with E-state index in [1.54, 1.807) is 42.9 Å². The molecule has 0 aliphatic rings. The van der Waals surface area contributed by atoms with Crippen LogP contribution >= 0.6 is 0 Å². The van der Waals surface area contributed by atoms with Crippen LogP contribution in [0.25, 0.3) is 0 Å². The van der Waals surface area contributed by atoms with Crippen molar-refractivity contribution in [2.75, 3.05) is 10.6 Å². The second-order valence-electron chi connectivity index (χ2n) is 6.28. The Morgan fingerprint density at radius 2 is 1.53 bits per heavy atom. The summed E-state index contributed by atoms with van der Waals surface area (Å²) in [5, 5.41) is 5.98. The van der Waals surface area contributed by atoms with E-state index in [1.807, 2.05) is 48.5 Å². The Morgan fingerprint density at radius 3 is 2.37 bits per heavy atom. The van der Waals surface area contributed by atoms with Crippen LogP contribution in [0.5, 0.6) is 0 Å². The van der Waals surface area contributed by atoms with Crippen LogP contribution in [0, 0.1) is 11.8 Å². The average Bonchev–Trinajstić information content (AvgIpc) is 2.79. The van der Waals surface area contributed by atoms with Crippen LogP contribution in [-0.2, 0) is 0 Å². The monoisotopic (exact) mass is 391 g/mol. The SMILES string of the molecule is O=C(Nc1cccc(C#Cc2ccccn2)c1)c1cccc(Nc2ncccn2)c1. The summed E-state index contributed by atoms with van der Waals surface area (Å²) in [6, 6.07) is 21.9. The molecule has 0 saturated heterocycles. The minimum atomic E-state index is -0.220. The van der Waals surface area contributed by atoms with Gasteiger partial charge in [-0.1, -0.05) is 24.1 Å². The fraction of sp³-hybridized carbons (Fsp3) is 0. The van der Waals surface area contributed by atoms with Crippen LogP contribution in [0.1, 0.15) is 21.6 Å². The van der Waals surface area contributed by atoms with Crippen LogP contribution in [0.3, 0.4) is 0 Å². The van der Waals surface area contributed by atoms with E-state index in [9.17, 15) is 4.79 Å². The maximum Gasteiger partial charge on any atom is 0.255 e. The van der Waals surface area contributed by atoms with Crippen molar-refractivity contribution in [3.8, 4) is 11.8 Å². The van der Waals surface area contributed by atoms with Crippen molar-refractivity contribution in [3.05, 3.63) is 108 Å². The quantitative estimate of drug-likeness (QED) is 0.508. The molecule has 144 valence electrons. The van der Waals surface area contributed by atoms with Crippen LogP contribution in [0.2, 0.25) is 0 Å². The molecule has 0 bridgehead atoms. The van der Waals surface area contributed by atoms with Crippen molar-refractivity contribution in [3.63, 3.8) is 0 Å². The topological polar surface area (TPSA) is 79.8 Å². The first-order valence-corrected chi connectivity index (χ1v) is 9.25. The number of anilines is 3. The minimum absolute atomic E-state index is 0.220. The van der Waals surface area contributed by atoms with E-state index in [0.29, 0.717) is 22.9 Å². The van der Waals surface area contributed by atoms with Crippen molar-refractivity contribution < 1.29 is 4.79 Å². The molecule has 0 atom stereocenters. The fourth-order valence-electron chi connectivity index (χ4n) is 2.68. The predicted molar refractivity (Wildman–Crippen MR) is 116 cm³/mol. The standard InChI is InChI=1S/C24H17N5O/c30-23(19-7-4-10-22(17-19)29-24-26-14-5-15-27-24)28-21-9-3-6-18(16-21)11-12-20-8-1-2-13-25-20/h1-10,13-17H,(H,28,30)(H,26,27,29). The third-order valence-electron chi connectivity index (χ3n) is 4.07. The van der Waals surface area contributed by atoms with Gasteiger partial charge in [0.2, 0.25) is 5.95 Å². The molecule has 2 aromatic carbocycles. The second-order valence-corrected chi connectivity index (χ2v) is 6.28. The van der Waals surface area contributed by atoms with Crippen LogP contribution in [0.4, 0.5) is 17.3 Å². The number of pyridine rings is 1. The molecule has 2 N–H and O–H groups in total. The number of hydrogen-bond donors (Lipinski definition) is 2. The molecule has 4 rings (SSSR count). The maximum absolute atomic E-state index is 12.7. The highest BCUT2D eigenvalue weighted by molar-refractivity contribution is 6.04. The molecule has 0 spiro atoms. The molecule has 1 amide bonds. The number of benzene rings is 2. The Hall–Kier alpha value is -4.50. The van der Waals surface area contributed by atoms with E-state index in [4.69, 9.17) is 0 Å². The van der Waals surface area contributed by atoms with E-state index >= 15 is 0 Å². The molecule has 0 saturated carbocycles. The van der Waals surface area contributed by atoms with Gasteiger partial charge in [-0.25, -0.2) is 15.0 Å². The number of aromatic nitrogens is 3. The summed E-state index contributed by atoms with van der Waals surface area (Å²) in [5.41, 5.74) is 3.39. The van der Waals surface area contributed by atoms with E-state index < -0.39 is 0 Å². The van der Waals surface area contributed by atoms with E-state index in [-0.39, 0.29) is 5.91 Å². The van der Waals surface area contributed by atoms with Gasteiger partial charge in [0.1, 0.15) is 5.69 Å². The van der Waals surface area contributed by atoms with Crippen molar-refractivity contribution in [1.82, 2.24) is 15.0 Å². The molecule has 4 aromatic rings. The summed E-state index contributed by atoms with van der Waals surface area (Å²) in [6.07, 6.45) is 5.00. The molecule has 2 heterocycles. The van der Waals surface area contributed by atoms with Crippen LogP contribution in [-0.4, -0.2) is 20.9 Å². The minimum Gasteiger partial charge on any atom is -0.324 e. The first-order valence-electron chi connectivity index (χ1n) is 9.25. The summed E-state index contributed by atoms with van der Waals surface area (Å²) in [6.45, 7) is 0. The van der Waals surface area contributed by atoms with E-state index in [2.05, 4.69) is 37.4 Å². The third-order valence-corrected chi connectivity index (χ3v) is 4.07. The number of hydrogen-bond acceptors (Lipinski definition) is 5. The van der Waals surface area contributed by atoms with Crippen molar-refractivity contribution in [2.45, 2.75) is 0 Å². The van der Waals surface area contributed by atoms with E-state index in [1.165, 1.54) is 0 Å². The number of carbonyl (C=O) groups is 1. The zero-order valence-electron chi connectivity index (χ0n) is 15.9. The smallest absolute Gasteiger partial charge is 0.255 e. The first kappa shape index (κ1) is 18.8. The average molecular weight is 391 g/mol. The Balaban J connectivity index is 1.47. The number of rotatable bonds is 4. The van der Waals surface area contributed by atoms with Crippen LogP contribution < -0.4 is 10.6 Å². The lowest BCUT2D eigenvalue weighted by molar-refractivity contribution is 0.102. The largest absolute Gasteiger partial charge is 0.324 e. The molecule has 0 unspecified atom stereocenters. The molecule has 0 radical (unpaired) electrons. The molecular formula is C24H17N5O. The molecule has 0 aliphatic heterocycles. The highest BCUT2D eigenvalue weighted by atomic mass is 16.1. The van der Waals surface area contributed by atoms with Crippen molar-refractivity contribution in [1.29, 1.82) is 0 Å². The molecule has 30 heavy (non-hydrogen) atoms. The molecule has 0 fully saturated rings. The Bertz CT molecular complexity index is 1210. The highest BCUT2D eigenvalue weighted by Crippen LogP contribution is 2.17. The zero-order chi connectivity index (χ0) is 20.6. The summed E-state index contributed by atoms with van der Waals surface area (Å²) in [7, 11) is 0. The van der Waals surface area contributed by atoms with Gasteiger partial charge in [0.05, 0.1) is 0 Å². The van der Waals surface area contributed by atoms with Gasteiger partial charge >= 0.3 is 0 Å². The lowest BCUT2D eigenvalue weighted by atomic mass is 10.1. The Labute approximate surface area is 174 Å². The van der Waals surface area contributed by atoms with Crippen LogP contribution in [0.15, 0.2) is 91.4 Å².